The number of rotatable bonds is 2. The van der Waals surface area contributed by atoms with Gasteiger partial charge in [0, 0.05) is 10.9 Å². The first-order chi connectivity index (χ1) is 9.11. The van der Waals surface area contributed by atoms with Gasteiger partial charge in [0.1, 0.15) is 5.52 Å². The van der Waals surface area contributed by atoms with Crippen LogP contribution in [0.1, 0.15) is 22.6 Å². The van der Waals surface area contributed by atoms with Crippen LogP contribution in [-0.2, 0) is 6.42 Å². The highest BCUT2D eigenvalue weighted by Gasteiger charge is 2.09. The average Bonchev–Trinajstić information content (AvgIpc) is 2.75. The summed E-state index contributed by atoms with van der Waals surface area (Å²) in [5.74, 6) is 0.769. The van der Waals surface area contributed by atoms with E-state index in [2.05, 4.69) is 59.0 Å². The Hall–Kier alpha value is -1.61. The molecule has 0 atom stereocenters. The molecule has 0 amide bonds. The van der Waals surface area contributed by atoms with Gasteiger partial charge in [-0.05, 0) is 48.7 Å². The quantitative estimate of drug-likeness (QED) is 0.679. The molecule has 0 aliphatic rings. The van der Waals surface area contributed by atoms with E-state index in [-0.39, 0.29) is 0 Å². The molecule has 0 aliphatic carbocycles. The lowest BCUT2D eigenvalue weighted by Gasteiger charge is -1.97. The molecular formula is C16H14BrNO. The summed E-state index contributed by atoms with van der Waals surface area (Å²) in [7, 11) is 0. The van der Waals surface area contributed by atoms with Gasteiger partial charge in [-0.1, -0.05) is 34.1 Å². The molecule has 3 rings (SSSR count). The maximum absolute atomic E-state index is 5.87. The molecule has 0 spiro atoms. The molecule has 0 unspecified atom stereocenters. The molecule has 0 N–H and O–H groups in total. The zero-order valence-electron chi connectivity index (χ0n) is 10.9. The Labute approximate surface area is 120 Å². The van der Waals surface area contributed by atoms with Crippen molar-refractivity contribution in [1.29, 1.82) is 0 Å². The third kappa shape index (κ3) is 2.56. The number of aromatic nitrogens is 1. The lowest BCUT2D eigenvalue weighted by atomic mass is 10.1. The highest BCUT2D eigenvalue weighted by molar-refractivity contribution is 9.10. The minimum absolute atomic E-state index is 0.723. The van der Waals surface area contributed by atoms with E-state index in [4.69, 9.17) is 4.42 Å². The molecule has 96 valence electrons. The van der Waals surface area contributed by atoms with E-state index < -0.39 is 0 Å². The highest BCUT2D eigenvalue weighted by Crippen LogP contribution is 2.23. The van der Waals surface area contributed by atoms with Crippen LogP contribution in [-0.4, -0.2) is 4.98 Å². The second-order valence-electron chi connectivity index (χ2n) is 4.84. The van der Waals surface area contributed by atoms with Crippen LogP contribution < -0.4 is 0 Å². The van der Waals surface area contributed by atoms with E-state index in [1.54, 1.807) is 0 Å². The monoisotopic (exact) mass is 315 g/mol. The van der Waals surface area contributed by atoms with Crippen molar-refractivity contribution in [2.24, 2.45) is 0 Å². The highest BCUT2D eigenvalue weighted by atomic mass is 79.9. The molecule has 0 radical (unpaired) electrons. The van der Waals surface area contributed by atoms with Crippen LogP contribution in [0, 0.1) is 13.8 Å². The van der Waals surface area contributed by atoms with Crippen LogP contribution in [0.3, 0.4) is 0 Å². The van der Waals surface area contributed by atoms with Crippen LogP contribution >= 0.6 is 15.9 Å². The van der Waals surface area contributed by atoms with Gasteiger partial charge in [0.2, 0.25) is 0 Å². The zero-order chi connectivity index (χ0) is 13.4. The van der Waals surface area contributed by atoms with Crippen molar-refractivity contribution in [3.63, 3.8) is 0 Å². The summed E-state index contributed by atoms with van der Waals surface area (Å²) >= 11 is 3.44. The summed E-state index contributed by atoms with van der Waals surface area (Å²) in [6, 6.07) is 12.4. The van der Waals surface area contributed by atoms with Gasteiger partial charge in [0.05, 0.1) is 0 Å². The summed E-state index contributed by atoms with van der Waals surface area (Å²) in [5.41, 5.74) is 5.41. The number of halogens is 1. The first kappa shape index (κ1) is 12.4. The number of oxazole rings is 1. The lowest BCUT2D eigenvalue weighted by molar-refractivity contribution is 0.542. The number of nitrogens with zero attached hydrogens (tertiary/aromatic N) is 1. The molecule has 3 aromatic rings. The van der Waals surface area contributed by atoms with Gasteiger partial charge in [-0.3, -0.25) is 0 Å². The van der Waals surface area contributed by atoms with E-state index in [0.29, 0.717) is 0 Å². The summed E-state index contributed by atoms with van der Waals surface area (Å²) < 4.78 is 6.95. The van der Waals surface area contributed by atoms with Crippen LogP contribution in [0.4, 0.5) is 0 Å². The van der Waals surface area contributed by atoms with Crippen molar-refractivity contribution in [2.75, 3.05) is 0 Å². The minimum atomic E-state index is 0.723. The van der Waals surface area contributed by atoms with Gasteiger partial charge in [-0.25, -0.2) is 4.98 Å². The number of hydrogen-bond acceptors (Lipinski definition) is 2. The van der Waals surface area contributed by atoms with Crippen molar-refractivity contribution in [3.8, 4) is 0 Å². The maximum atomic E-state index is 5.87. The minimum Gasteiger partial charge on any atom is -0.440 e. The molecule has 0 aliphatic heterocycles. The summed E-state index contributed by atoms with van der Waals surface area (Å²) in [6.45, 7) is 4.14. The Kier molecular flexibility index (Phi) is 3.15. The zero-order valence-corrected chi connectivity index (χ0v) is 12.5. The number of benzene rings is 2. The van der Waals surface area contributed by atoms with E-state index in [0.717, 1.165) is 33.4 Å². The predicted molar refractivity (Wildman–Crippen MR) is 80.4 cm³/mol. The van der Waals surface area contributed by atoms with Crippen molar-refractivity contribution in [3.05, 3.63) is 63.5 Å². The number of hydrogen-bond donors (Lipinski definition) is 0. The lowest BCUT2D eigenvalue weighted by Crippen LogP contribution is -1.87. The predicted octanol–water partition coefficient (Wildman–Crippen LogP) is 4.80. The topological polar surface area (TPSA) is 26.0 Å². The molecule has 2 nitrogen and oxygen atoms in total. The van der Waals surface area contributed by atoms with Gasteiger partial charge in [0.15, 0.2) is 11.5 Å². The molecule has 3 heteroatoms. The number of aryl methyl sites for hydroxylation is 2. The van der Waals surface area contributed by atoms with Gasteiger partial charge in [-0.2, -0.15) is 0 Å². The van der Waals surface area contributed by atoms with Crippen LogP contribution in [0.2, 0.25) is 0 Å². The molecule has 0 saturated heterocycles. The third-order valence-corrected chi connectivity index (χ3v) is 3.66. The number of fused-ring (bicyclic) bond motifs is 1. The molecule has 0 saturated carbocycles. The SMILES string of the molecule is Cc1cc(C)c2oc(Cc3ccc(Br)cc3)nc2c1. The molecule has 2 aromatic carbocycles. The normalized spacial score (nSPS) is 11.1. The van der Waals surface area contributed by atoms with Crippen LogP contribution in [0.5, 0.6) is 0 Å². The van der Waals surface area contributed by atoms with Gasteiger partial charge < -0.3 is 4.42 Å². The van der Waals surface area contributed by atoms with Crippen molar-refractivity contribution < 1.29 is 4.42 Å². The fourth-order valence-electron chi connectivity index (χ4n) is 2.28. The Morgan fingerprint density at radius 3 is 2.58 bits per heavy atom. The molecule has 19 heavy (non-hydrogen) atoms. The van der Waals surface area contributed by atoms with Crippen molar-refractivity contribution in [1.82, 2.24) is 4.98 Å². The first-order valence-corrected chi connectivity index (χ1v) is 7.02. The largest absolute Gasteiger partial charge is 0.440 e. The second-order valence-corrected chi connectivity index (χ2v) is 5.76. The van der Waals surface area contributed by atoms with E-state index in [1.807, 2.05) is 12.1 Å². The second kappa shape index (κ2) is 4.82. The fourth-order valence-corrected chi connectivity index (χ4v) is 2.54. The van der Waals surface area contributed by atoms with Gasteiger partial charge >= 0.3 is 0 Å². The summed E-state index contributed by atoms with van der Waals surface area (Å²) in [6.07, 6.45) is 0.723. The molecule has 0 fully saturated rings. The molecule has 0 bridgehead atoms. The van der Waals surface area contributed by atoms with Gasteiger partial charge in [-0.15, -0.1) is 0 Å². The Bertz CT molecular complexity index is 728. The van der Waals surface area contributed by atoms with Crippen LogP contribution in [0.15, 0.2) is 45.3 Å². The Morgan fingerprint density at radius 1 is 1.11 bits per heavy atom. The van der Waals surface area contributed by atoms with Crippen molar-refractivity contribution >= 4 is 27.0 Å². The standard InChI is InChI=1S/C16H14BrNO/c1-10-7-11(2)16-14(8-10)18-15(19-16)9-12-3-5-13(17)6-4-12/h3-8H,9H2,1-2H3. The Morgan fingerprint density at radius 2 is 1.84 bits per heavy atom. The molecular weight excluding hydrogens is 302 g/mol. The summed E-state index contributed by atoms with van der Waals surface area (Å²) in [4.78, 5) is 4.57. The smallest absolute Gasteiger partial charge is 0.199 e. The van der Waals surface area contributed by atoms with E-state index in [1.165, 1.54) is 11.1 Å². The summed E-state index contributed by atoms with van der Waals surface area (Å²) in [5, 5.41) is 0. The maximum Gasteiger partial charge on any atom is 0.199 e. The Balaban J connectivity index is 1.97. The fraction of sp³-hybridized carbons (Fsp3) is 0.188. The molecule has 1 aromatic heterocycles. The van der Waals surface area contributed by atoms with Gasteiger partial charge in [0.25, 0.3) is 0 Å². The van der Waals surface area contributed by atoms with Crippen LogP contribution in [0.25, 0.3) is 11.1 Å². The van der Waals surface area contributed by atoms with E-state index >= 15 is 0 Å². The van der Waals surface area contributed by atoms with Crippen molar-refractivity contribution in [2.45, 2.75) is 20.3 Å². The first-order valence-electron chi connectivity index (χ1n) is 6.23. The van der Waals surface area contributed by atoms with E-state index in [9.17, 15) is 0 Å². The molecule has 1 heterocycles. The third-order valence-electron chi connectivity index (χ3n) is 3.13. The average molecular weight is 316 g/mol.